The van der Waals surface area contributed by atoms with Crippen LogP contribution in [0.1, 0.15) is 89.7 Å². The fraction of sp³-hybridized carbons (Fsp3) is 0.758. The van der Waals surface area contributed by atoms with Crippen LogP contribution in [0.3, 0.4) is 0 Å². The maximum Gasteiger partial charge on any atom is 0.330 e. The van der Waals surface area contributed by atoms with Gasteiger partial charge in [0.05, 0.1) is 31.8 Å². The molecule has 0 aromatic carbocycles. The maximum absolute atomic E-state index is 13.1. The van der Waals surface area contributed by atoms with Gasteiger partial charge in [-0.15, -0.1) is 5.10 Å². The second-order valence-corrected chi connectivity index (χ2v) is 14.9. The van der Waals surface area contributed by atoms with E-state index < -0.39 is 65.5 Å². The van der Waals surface area contributed by atoms with Gasteiger partial charge in [-0.1, -0.05) is 26.0 Å². The number of rotatable bonds is 9. The minimum atomic E-state index is -0.941. The van der Waals surface area contributed by atoms with Crippen LogP contribution in [0.5, 0.6) is 0 Å². The molecule has 274 valence electrons. The zero-order chi connectivity index (χ0) is 35.5. The average Bonchev–Trinajstić information content (AvgIpc) is 3.66. The number of amides is 1. The number of nitrogens with one attached hydrogen (secondary N) is 2. The number of H-pyrrole nitrogens is 1. The first-order chi connectivity index (χ1) is 23.8. The quantitative estimate of drug-likeness (QED) is 0.250. The molecule has 1 spiro atoms. The fourth-order valence-corrected chi connectivity index (χ4v) is 8.56. The van der Waals surface area contributed by atoms with Crippen molar-refractivity contribution >= 4 is 11.9 Å². The first-order valence-corrected chi connectivity index (χ1v) is 17.5. The summed E-state index contributed by atoms with van der Waals surface area (Å²) in [6, 6.07) is -0.461. The van der Waals surface area contributed by atoms with E-state index in [2.05, 4.69) is 27.5 Å². The molecule has 1 saturated carbocycles. The van der Waals surface area contributed by atoms with Crippen LogP contribution in [0.15, 0.2) is 22.0 Å². The molecule has 2 bridgehead atoms. The number of esters is 1. The lowest BCUT2D eigenvalue weighted by Crippen LogP contribution is -2.70. The van der Waals surface area contributed by atoms with Crippen molar-refractivity contribution in [3.63, 3.8) is 0 Å². The topological polar surface area (TPSA) is 207 Å². The summed E-state index contributed by atoms with van der Waals surface area (Å²) in [6.07, 6.45) is 3.61. The summed E-state index contributed by atoms with van der Waals surface area (Å²) >= 11 is 0. The number of aromatic amines is 1. The number of aromatic nitrogens is 5. The number of carbonyl (C=O) groups excluding carboxylic acids is 2. The lowest BCUT2D eigenvalue weighted by atomic mass is 9.58. The van der Waals surface area contributed by atoms with Crippen LogP contribution >= 0.6 is 0 Å². The Morgan fingerprint density at radius 2 is 1.96 bits per heavy atom. The van der Waals surface area contributed by atoms with Gasteiger partial charge in [-0.25, -0.2) is 19.3 Å². The molecule has 2 aromatic rings. The van der Waals surface area contributed by atoms with Crippen LogP contribution in [0.4, 0.5) is 0 Å². The van der Waals surface area contributed by atoms with E-state index in [1.165, 1.54) is 15.4 Å². The third-order valence-electron chi connectivity index (χ3n) is 11.4. The number of carbonyl (C=O) groups is 2. The largest absolute Gasteiger partial charge is 0.435 e. The van der Waals surface area contributed by atoms with E-state index in [0.29, 0.717) is 23.6 Å². The van der Waals surface area contributed by atoms with Crippen molar-refractivity contribution in [1.82, 2.24) is 29.9 Å². The summed E-state index contributed by atoms with van der Waals surface area (Å²) in [7, 11) is 0. The Morgan fingerprint density at radius 3 is 2.74 bits per heavy atom. The van der Waals surface area contributed by atoms with Crippen molar-refractivity contribution in [2.75, 3.05) is 6.61 Å². The monoisotopic (exact) mass is 702 g/mol. The van der Waals surface area contributed by atoms with E-state index in [0.717, 1.165) is 19.3 Å². The smallest absolute Gasteiger partial charge is 0.330 e. The molecule has 7 heterocycles. The predicted octanol–water partition coefficient (Wildman–Crippen LogP) is 1.35. The molecule has 50 heavy (non-hydrogen) atoms. The van der Waals surface area contributed by atoms with Crippen LogP contribution in [0, 0.1) is 36.5 Å². The zero-order valence-corrected chi connectivity index (χ0v) is 28.9. The van der Waals surface area contributed by atoms with E-state index in [4.69, 9.17) is 28.7 Å². The van der Waals surface area contributed by atoms with Gasteiger partial charge >= 0.3 is 11.7 Å². The van der Waals surface area contributed by atoms with Crippen LogP contribution < -0.4 is 16.6 Å². The van der Waals surface area contributed by atoms with Gasteiger partial charge in [0, 0.05) is 42.4 Å². The number of aryl methyl sites for hydroxylation is 1. The molecule has 17 heteroatoms. The summed E-state index contributed by atoms with van der Waals surface area (Å²) < 4.78 is 27.3. The van der Waals surface area contributed by atoms with Crippen LogP contribution in [0.25, 0.3) is 0 Å². The summed E-state index contributed by atoms with van der Waals surface area (Å²) in [5.41, 5.74) is -1.07. The van der Waals surface area contributed by atoms with E-state index >= 15 is 0 Å². The number of aliphatic hydroxyl groups is 1. The number of hydrogen-bond donors (Lipinski definition) is 3. The SMILES string of the molecule is Cc1cn([C@H]2C[C@H](n3cc(CNC(=O)C(C)CC(=O)O[C@@H]4O[C@@H]5O[C@@]6(C)CC[C@H]7[C@H](C)CC[C@@H]([C@H]4C)[C@@]57OO6)nn3)[C@@H](CO)O2)c(=O)[nH]c1=O. The van der Waals surface area contributed by atoms with E-state index in [9.17, 15) is 24.3 Å². The van der Waals surface area contributed by atoms with E-state index in [1.54, 1.807) is 20.0 Å². The fourth-order valence-electron chi connectivity index (χ4n) is 8.56. The number of nitrogens with zero attached hydrogens (tertiary/aromatic N) is 4. The van der Waals surface area contributed by atoms with Gasteiger partial charge in [0.25, 0.3) is 5.56 Å². The lowest BCUT2D eigenvalue weighted by Gasteiger charge is -2.59. The Labute approximate surface area is 287 Å². The number of hydrogen-bond acceptors (Lipinski definition) is 13. The molecule has 1 aliphatic carbocycles. The summed E-state index contributed by atoms with van der Waals surface area (Å²) in [4.78, 5) is 64.6. The standard InChI is InChI=1S/C33H46N6O11/c1-16-6-7-22-19(4)29(47-30-33(22)21(16)8-9-32(5,48-30)49-50-33)46-26(41)10-17(2)27(42)34-12-20-14-39(37-36-20)23-11-25(45-24(23)15-40)38-13-18(3)28(43)35-31(38)44/h13-14,16-17,19,21-25,29-30,40H,6-12,15H2,1-5H3,(H,34,42)(H,35,43,44)/t16-,17?,19-,21+,22+,23+,24-,25-,29-,30-,32-,33-/m1/s1. The minimum absolute atomic E-state index is 0.00218. The number of aliphatic hydroxyl groups excluding tert-OH is 1. The second-order valence-electron chi connectivity index (χ2n) is 14.9. The molecule has 5 saturated heterocycles. The maximum atomic E-state index is 13.1. The predicted molar refractivity (Wildman–Crippen MR) is 169 cm³/mol. The molecule has 1 amide bonds. The normalized spacial score (nSPS) is 38.2. The number of ether oxygens (including phenoxy) is 4. The van der Waals surface area contributed by atoms with Crippen molar-refractivity contribution < 1.29 is 43.4 Å². The molecule has 5 aliphatic heterocycles. The summed E-state index contributed by atoms with van der Waals surface area (Å²) in [5.74, 6) is -2.15. The third kappa shape index (κ3) is 6.11. The van der Waals surface area contributed by atoms with Crippen LogP contribution in [-0.2, 0) is 44.9 Å². The molecule has 17 nitrogen and oxygen atoms in total. The van der Waals surface area contributed by atoms with Crippen LogP contribution in [-0.4, -0.2) is 78.2 Å². The third-order valence-corrected chi connectivity index (χ3v) is 11.4. The summed E-state index contributed by atoms with van der Waals surface area (Å²) in [6.45, 7) is 9.00. The van der Waals surface area contributed by atoms with Crippen LogP contribution in [0.2, 0.25) is 0 Å². The van der Waals surface area contributed by atoms with Gasteiger partial charge < -0.3 is 29.4 Å². The van der Waals surface area contributed by atoms with Crippen molar-refractivity contribution in [3.8, 4) is 0 Å². The molecule has 6 aliphatic rings. The Kier molecular flexibility index (Phi) is 9.26. The molecule has 1 unspecified atom stereocenters. The zero-order valence-electron chi connectivity index (χ0n) is 28.9. The molecule has 0 radical (unpaired) electrons. The highest BCUT2D eigenvalue weighted by Gasteiger charge is 2.69. The van der Waals surface area contributed by atoms with Crippen molar-refractivity contribution in [2.24, 2.45) is 29.6 Å². The van der Waals surface area contributed by atoms with Gasteiger partial charge in [0.1, 0.15) is 18.0 Å². The molecule has 2 aromatic heterocycles. The molecule has 3 N–H and O–H groups in total. The second kappa shape index (κ2) is 13.2. The van der Waals surface area contributed by atoms with Gasteiger partial charge in [-0.3, -0.25) is 23.9 Å². The van der Waals surface area contributed by atoms with Crippen molar-refractivity contribution in [1.29, 1.82) is 0 Å². The Hall–Kier alpha value is -3.48. The molecule has 12 atom stereocenters. The number of fused-ring (bicyclic) bond motifs is 2. The van der Waals surface area contributed by atoms with Gasteiger partial charge in [-0.2, -0.15) is 0 Å². The highest BCUT2D eigenvalue weighted by Crippen LogP contribution is 2.60. The Bertz CT molecular complexity index is 1730. The van der Waals surface area contributed by atoms with E-state index in [1.807, 2.05) is 13.8 Å². The van der Waals surface area contributed by atoms with Gasteiger partial charge in [-0.05, 0) is 44.9 Å². The lowest BCUT2D eigenvalue weighted by molar-refractivity contribution is -0.576. The Balaban J connectivity index is 0.931. The average molecular weight is 703 g/mol. The molecule has 6 fully saturated rings. The van der Waals surface area contributed by atoms with Gasteiger partial charge in [0.2, 0.25) is 18.0 Å². The van der Waals surface area contributed by atoms with Crippen molar-refractivity contribution in [3.05, 3.63) is 44.5 Å². The minimum Gasteiger partial charge on any atom is -0.435 e. The molecular formula is C33H46N6O11. The summed E-state index contributed by atoms with van der Waals surface area (Å²) in [5, 5.41) is 21.1. The van der Waals surface area contributed by atoms with Crippen molar-refractivity contribution in [2.45, 2.75) is 122 Å². The van der Waals surface area contributed by atoms with E-state index in [-0.39, 0.29) is 49.7 Å². The van der Waals surface area contributed by atoms with Gasteiger partial charge in [0.15, 0.2) is 11.9 Å². The molecule has 8 rings (SSSR count). The highest BCUT2D eigenvalue weighted by molar-refractivity contribution is 5.83. The highest BCUT2D eigenvalue weighted by atomic mass is 17.3. The first kappa shape index (κ1) is 34.9. The Morgan fingerprint density at radius 1 is 1.16 bits per heavy atom. The first-order valence-electron chi connectivity index (χ1n) is 17.5. The molecular weight excluding hydrogens is 656 g/mol.